The molecule has 0 saturated heterocycles. The van der Waals surface area contributed by atoms with E-state index in [1.54, 1.807) is 7.11 Å². The second kappa shape index (κ2) is 7.46. The van der Waals surface area contributed by atoms with Crippen molar-refractivity contribution in [3.8, 4) is 5.75 Å². The lowest BCUT2D eigenvalue weighted by Gasteiger charge is -2.25. The zero-order valence-corrected chi connectivity index (χ0v) is 13.3. The van der Waals surface area contributed by atoms with Gasteiger partial charge in [0.25, 0.3) is 0 Å². The third-order valence-corrected chi connectivity index (χ3v) is 4.60. The van der Waals surface area contributed by atoms with Gasteiger partial charge in [-0.25, -0.2) is 0 Å². The first-order chi connectivity index (χ1) is 10.9. The van der Waals surface area contributed by atoms with Crippen LogP contribution in [0.15, 0.2) is 48.5 Å². The summed E-state index contributed by atoms with van der Waals surface area (Å²) in [4.78, 5) is 0. The second-order valence-corrected chi connectivity index (χ2v) is 6.08. The minimum Gasteiger partial charge on any atom is -0.496 e. The number of rotatable bonds is 6. The molecule has 22 heavy (non-hydrogen) atoms. The molecule has 0 heterocycles. The number of aryl methyl sites for hydroxylation is 2. The zero-order chi connectivity index (χ0) is 15.2. The molecule has 1 aliphatic rings. The summed E-state index contributed by atoms with van der Waals surface area (Å²) in [6.45, 7) is 1.07. The molecule has 2 nitrogen and oxygen atoms in total. The molecule has 1 aliphatic carbocycles. The third kappa shape index (κ3) is 3.69. The summed E-state index contributed by atoms with van der Waals surface area (Å²) in [5.41, 5.74) is 4.37. The number of benzene rings is 2. The maximum atomic E-state index is 5.41. The molecule has 0 radical (unpaired) electrons. The van der Waals surface area contributed by atoms with Gasteiger partial charge >= 0.3 is 0 Å². The molecule has 0 aliphatic heterocycles. The van der Waals surface area contributed by atoms with Crippen molar-refractivity contribution in [1.82, 2.24) is 5.32 Å². The summed E-state index contributed by atoms with van der Waals surface area (Å²) in [5, 5.41) is 3.73. The molecular formula is C20H25NO. The lowest BCUT2D eigenvalue weighted by Crippen LogP contribution is -2.35. The lowest BCUT2D eigenvalue weighted by molar-refractivity contribution is 0.407. The molecule has 2 aromatic rings. The normalized spacial score (nSPS) is 17.0. The average molecular weight is 295 g/mol. The number of para-hydroxylation sites is 1. The van der Waals surface area contributed by atoms with Crippen LogP contribution in [0.1, 0.15) is 29.5 Å². The number of nitrogens with one attached hydrogen (secondary N) is 1. The Bertz CT molecular complexity index is 608. The van der Waals surface area contributed by atoms with Gasteiger partial charge in [-0.15, -0.1) is 0 Å². The topological polar surface area (TPSA) is 21.3 Å². The van der Waals surface area contributed by atoms with E-state index in [-0.39, 0.29) is 0 Å². The van der Waals surface area contributed by atoms with Crippen LogP contribution in [0.5, 0.6) is 5.75 Å². The minimum atomic E-state index is 0.632. The van der Waals surface area contributed by atoms with Crippen molar-refractivity contribution >= 4 is 0 Å². The first kappa shape index (κ1) is 15.1. The monoisotopic (exact) mass is 295 g/mol. The highest BCUT2D eigenvalue weighted by molar-refractivity contribution is 5.33. The lowest BCUT2D eigenvalue weighted by atomic mass is 9.88. The van der Waals surface area contributed by atoms with E-state index in [1.165, 1.54) is 36.0 Å². The Morgan fingerprint density at radius 2 is 1.82 bits per heavy atom. The van der Waals surface area contributed by atoms with Crippen LogP contribution in [0.4, 0.5) is 0 Å². The first-order valence-electron chi connectivity index (χ1n) is 8.29. The predicted molar refractivity (Wildman–Crippen MR) is 91.6 cm³/mol. The molecule has 3 rings (SSSR count). The largest absolute Gasteiger partial charge is 0.496 e. The van der Waals surface area contributed by atoms with Gasteiger partial charge in [0, 0.05) is 6.04 Å². The Labute approximate surface area is 133 Å². The van der Waals surface area contributed by atoms with E-state index < -0.39 is 0 Å². The highest BCUT2D eigenvalue weighted by Gasteiger charge is 2.17. The van der Waals surface area contributed by atoms with Crippen molar-refractivity contribution in [3.05, 3.63) is 65.2 Å². The molecule has 2 heteroatoms. The first-order valence-corrected chi connectivity index (χ1v) is 8.29. The molecule has 1 N–H and O–H groups in total. The third-order valence-electron chi connectivity index (χ3n) is 4.60. The van der Waals surface area contributed by atoms with Crippen LogP contribution in [-0.2, 0) is 19.3 Å². The molecule has 0 fully saturated rings. The van der Waals surface area contributed by atoms with Crippen molar-refractivity contribution in [2.45, 2.75) is 38.1 Å². The van der Waals surface area contributed by atoms with Crippen molar-refractivity contribution in [2.75, 3.05) is 13.7 Å². The Hall–Kier alpha value is -1.80. The number of methoxy groups -OCH3 is 1. The highest BCUT2D eigenvalue weighted by Crippen LogP contribution is 2.21. The van der Waals surface area contributed by atoms with Gasteiger partial charge in [-0.3, -0.25) is 0 Å². The molecule has 1 atom stereocenters. The van der Waals surface area contributed by atoms with Crippen LogP contribution >= 0.6 is 0 Å². The van der Waals surface area contributed by atoms with Crippen LogP contribution in [0.25, 0.3) is 0 Å². The van der Waals surface area contributed by atoms with Gasteiger partial charge in [-0.05, 0) is 61.4 Å². The Morgan fingerprint density at radius 1 is 1.05 bits per heavy atom. The summed E-state index contributed by atoms with van der Waals surface area (Å²) in [6.07, 6.45) is 5.86. The average Bonchev–Trinajstić information content (AvgIpc) is 2.59. The van der Waals surface area contributed by atoms with Gasteiger partial charge in [0.2, 0.25) is 0 Å². The molecule has 2 aromatic carbocycles. The summed E-state index contributed by atoms with van der Waals surface area (Å²) >= 11 is 0. The van der Waals surface area contributed by atoms with Gasteiger partial charge in [0.15, 0.2) is 0 Å². The zero-order valence-electron chi connectivity index (χ0n) is 13.3. The number of hydrogen-bond acceptors (Lipinski definition) is 2. The Balaban J connectivity index is 1.44. The molecule has 0 amide bonds. The van der Waals surface area contributed by atoms with Gasteiger partial charge in [-0.1, -0.05) is 42.5 Å². The highest BCUT2D eigenvalue weighted by atomic mass is 16.5. The predicted octanol–water partition coefficient (Wildman–Crippen LogP) is 3.77. The van der Waals surface area contributed by atoms with Gasteiger partial charge in [0.05, 0.1) is 7.11 Å². The molecule has 0 unspecified atom stereocenters. The van der Waals surface area contributed by atoms with Crippen molar-refractivity contribution in [1.29, 1.82) is 0 Å². The fourth-order valence-electron chi connectivity index (χ4n) is 3.37. The fraction of sp³-hybridized carbons (Fsp3) is 0.400. The van der Waals surface area contributed by atoms with Gasteiger partial charge in [0.1, 0.15) is 5.75 Å². The molecule has 0 saturated carbocycles. The van der Waals surface area contributed by atoms with Crippen LogP contribution in [0.3, 0.4) is 0 Å². The summed E-state index contributed by atoms with van der Waals surface area (Å²) in [5.74, 6) is 1.01. The van der Waals surface area contributed by atoms with E-state index in [0.29, 0.717) is 6.04 Å². The van der Waals surface area contributed by atoms with E-state index in [2.05, 4.69) is 41.7 Å². The van der Waals surface area contributed by atoms with E-state index in [4.69, 9.17) is 4.74 Å². The van der Waals surface area contributed by atoms with E-state index in [9.17, 15) is 0 Å². The van der Waals surface area contributed by atoms with Crippen molar-refractivity contribution in [2.24, 2.45) is 0 Å². The Morgan fingerprint density at radius 3 is 2.68 bits per heavy atom. The second-order valence-electron chi connectivity index (χ2n) is 6.08. The maximum Gasteiger partial charge on any atom is 0.122 e. The molecule has 0 spiro atoms. The summed E-state index contributed by atoms with van der Waals surface area (Å²) in [6, 6.07) is 17.8. The minimum absolute atomic E-state index is 0.632. The maximum absolute atomic E-state index is 5.41. The molecule has 0 bridgehead atoms. The van der Waals surface area contributed by atoms with E-state index >= 15 is 0 Å². The quantitative estimate of drug-likeness (QED) is 0.819. The molecule has 116 valence electrons. The van der Waals surface area contributed by atoms with Crippen molar-refractivity contribution < 1.29 is 4.74 Å². The summed E-state index contributed by atoms with van der Waals surface area (Å²) < 4.78 is 5.41. The van der Waals surface area contributed by atoms with Crippen LogP contribution in [0.2, 0.25) is 0 Å². The number of hydrogen-bond donors (Lipinski definition) is 1. The van der Waals surface area contributed by atoms with E-state index in [1.807, 2.05) is 12.1 Å². The van der Waals surface area contributed by atoms with Crippen molar-refractivity contribution in [3.63, 3.8) is 0 Å². The SMILES string of the molecule is COc1ccccc1CCCN[C@@H]1CCc2ccccc2C1. The molecular weight excluding hydrogens is 270 g/mol. The fourth-order valence-corrected chi connectivity index (χ4v) is 3.37. The smallest absolute Gasteiger partial charge is 0.122 e. The summed E-state index contributed by atoms with van der Waals surface area (Å²) in [7, 11) is 1.75. The van der Waals surface area contributed by atoms with Crippen LogP contribution < -0.4 is 10.1 Å². The molecule has 0 aromatic heterocycles. The number of ether oxygens (including phenoxy) is 1. The van der Waals surface area contributed by atoms with Gasteiger partial charge < -0.3 is 10.1 Å². The van der Waals surface area contributed by atoms with Crippen LogP contribution in [-0.4, -0.2) is 19.7 Å². The number of fused-ring (bicyclic) bond motifs is 1. The van der Waals surface area contributed by atoms with E-state index in [0.717, 1.165) is 25.1 Å². The Kier molecular flexibility index (Phi) is 5.12. The standard InChI is InChI=1S/C20H25NO/c1-22-20-11-5-4-8-17(20)10-6-14-21-19-13-12-16-7-2-3-9-18(16)15-19/h2-5,7-9,11,19,21H,6,10,12-15H2,1H3/t19-/m1/s1. The van der Waals surface area contributed by atoms with Gasteiger partial charge in [-0.2, -0.15) is 0 Å². The van der Waals surface area contributed by atoms with Crippen LogP contribution in [0, 0.1) is 0 Å².